The van der Waals surface area contributed by atoms with Crippen molar-refractivity contribution in [3.05, 3.63) is 23.3 Å². The molecule has 22 heavy (non-hydrogen) atoms. The molecular weight excluding hydrogens is 282 g/mol. The van der Waals surface area contributed by atoms with Crippen LogP contribution >= 0.6 is 0 Å². The van der Waals surface area contributed by atoms with E-state index in [2.05, 4.69) is 0 Å². The molecule has 0 aliphatic carbocycles. The fourth-order valence-corrected chi connectivity index (χ4v) is 3.01. The molecule has 1 heterocycles. The maximum atomic E-state index is 12.6. The van der Waals surface area contributed by atoms with Gasteiger partial charge in [-0.25, -0.2) is 0 Å². The Bertz CT molecular complexity index is 534. The van der Waals surface area contributed by atoms with Crippen molar-refractivity contribution in [2.75, 3.05) is 19.7 Å². The third-order valence-corrected chi connectivity index (χ3v) is 4.44. The summed E-state index contributed by atoms with van der Waals surface area (Å²) in [6.07, 6.45) is 2.54. The number of nitrogens with zero attached hydrogens (tertiary/aromatic N) is 1. The van der Waals surface area contributed by atoms with E-state index in [1.165, 1.54) is 6.07 Å². The largest absolute Gasteiger partial charge is 0.508 e. The number of piperidine rings is 1. The first-order chi connectivity index (χ1) is 10.4. The van der Waals surface area contributed by atoms with Crippen LogP contribution in [-0.2, 0) is 0 Å². The summed E-state index contributed by atoms with van der Waals surface area (Å²) in [6, 6.07) is 2.85. The molecule has 1 saturated heterocycles. The topological polar surface area (TPSA) is 81.0 Å². The van der Waals surface area contributed by atoms with Crippen LogP contribution in [0, 0.1) is 5.92 Å². The van der Waals surface area contributed by atoms with Gasteiger partial charge in [0.25, 0.3) is 5.91 Å². The lowest BCUT2D eigenvalue weighted by molar-refractivity contribution is 0.0675. The molecule has 1 aromatic carbocycles. The molecule has 5 nitrogen and oxygen atoms in total. The third kappa shape index (κ3) is 3.53. The van der Waals surface area contributed by atoms with Crippen molar-refractivity contribution in [3.8, 4) is 11.5 Å². The summed E-state index contributed by atoms with van der Waals surface area (Å²) in [5, 5.41) is 28.8. The Morgan fingerprint density at radius 3 is 2.41 bits per heavy atom. The van der Waals surface area contributed by atoms with Crippen LogP contribution in [0.2, 0.25) is 0 Å². The van der Waals surface area contributed by atoms with E-state index in [0.29, 0.717) is 24.6 Å². The number of phenols is 2. The van der Waals surface area contributed by atoms with E-state index in [-0.39, 0.29) is 35.5 Å². The van der Waals surface area contributed by atoms with Crippen LogP contribution in [0.1, 0.15) is 54.9 Å². The molecule has 0 aromatic heterocycles. The molecule has 0 saturated carbocycles. The number of amides is 1. The van der Waals surface area contributed by atoms with E-state index in [0.717, 1.165) is 19.3 Å². The van der Waals surface area contributed by atoms with Crippen molar-refractivity contribution >= 4 is 5.91 Å². The molecule has 1 amide bonds. The highest BCUT2D eigenvalue weighted by Gasteiger charge is 2.26. The molecule has 0 bridgehead atoms. The second-order valence-corrected chi connectivity index (χ2v) is 6.33. The number of aliphatic hydroxyl groups excluding tert-OH is 1. The monoisotopic (exact) mass is 307 g/mol. The molecule has 5 heteroatoms. The van der Waals surface area contributed by atoms with Crippen molar-refractivity contribution in [3.63, 3.8) is 0 Å². The number of aromatic hydroxyl groups is 2. The van der Waals surface area contributed by atoms with Crippen LogP contribution in [-0.4, -0.2) is 45.8 Å². The zero-order valence-electron chi connectivity index (χ0n) is 13.2. The average Bonchev–Trinajstić information content (AvgIpc) is 2.47. The van der Waals surface area contributed by atoms with Crippen molar-refractivity contribution in [1.29, 1.82) is 0 Å². The Hall–Kier alpha value is -1.75. The molecule has 1 aliphatic heterocycles. The van der Waals surface area contributed by atoms with Gasteiger partial charge in [0.1, 0.15) is 11.5 Å². The summed E-state index contributed by atoms with van der Waals surface area (Å²) in [7, 11) is 0. The van der Waals surface area contributed by atoms with Gasteiger partial charge in [0.05, 0.1) is 5.56 Å². The summed E-state index contributed by atoms with van der Waals surface area (Å²) >= 11 is 0. The molecule has 2 rings (SSSR count). The lowest BCUT2D eigenvalue weighted by Crippen LogP contribution is -2.38. The Morgan fingerprint density at radius 2 is 1.86 bits per heavy atom. The zero-order chi connectivity index (χ0) is 16.3. The molecule has 1 fully saturated rings. The molecule has 0 radical (unpaired) electrons. The van der Waals surface area contributed by atoms with Gasteiger partial charge in [-0.15, -0.1) is 0 Å². The second kappa shape index (κ2) is 7.01. The number of carbonyl (C=O) groups excluding carboxylic acids is 1. The number of rotatable bonds is 4. The highest BCUT2D eigenvalue weighted by atomic mass is 16.3. The third-order valence-electron chi connectivity index (χ3n) is 4.44. The zero-order valence-corrected chi connectivity index (χ0v) is 13.2. The van der Waals surface area contributed by atoms with Crippen LogP contribution < -0.4 is 0 Å². The molecule has 122 valence electrons. The molecule has 1 aromatic rings. The van der Waals surface area contributed by atoms with Crippen LogP contribution in [0.4, 0.5) is 0 Å². The smallest absolute Gasteiger partial charge is 0.257 e. The highest BCUT2D eigenvalue weighted by molar-refractivity contribution is 5.97. The fourth-order valence-electron chi connectivity index (χ4n) is 3.01. The van der Waals surface area contributed by atoms with Gasteiger partial charge in [-0.2, -0.15) is 0 Å². The Labute approximate surface area is 131 Å². The number of carbonyl (C=O) groups is 1. The number of hydrogen-bond acceptors (Lipinski definition) is 4. The first-order valence-corrected chi connectivity index (χ1v) is 7.90. The number of likely N-dealkylation sites (tertiary alicyclic amines) is 1. The first kappa shape index (κ1) is 16.6. The number of benzene rings is 1. The van der Waals surface area contributed by atoms with Gasteiger partial charge in [-0.1, -0.05) is 13.8 Å². The lowest BCUT2D eigenvalue weighted by Gasteiger charge is -2.32. The van der Waals surface area contributed by atoms with E-state index in [1.54, 1.807) is 11.0 Å². The maximum Gasteiger partial charge on any atom is 0.257 e. The molecule has 0 atom stereocenters. The molecule has 0 unspecified atom stereocenters. The lowest BCUT2D eigenvalue weighted by atomic mass is 9.93. The van der Waals surface area contributed by atoms with Gasteiger partial charge in [0.15, 0.2) is 0 Å². The predicted molar refractivity (Wildman–Crippen MR) is 84.2 cm³/mol. The molecule has 3 N–H and O–H groups in total. The minimum absolute atomic E-state index is 0.0192. The summed E-state index contributed by atoms with van der Waals surface area (Å²) in [6.45, 7) is 5.33. The quantitative estimate of drug-likeness (QED) is 0.798. The SMILES string of the molecule is CC(C)c1cc(C(=O)N2CCC(CCO)CC2)c(O)cc1O. The summed E-state index contributed by atoms with van der Waals surface area (Å²) in [5.74, 6) is 0.188. The second-order valence-electron chi connectivity index (χ2n) is 6.33. The minimum Gasteiger partial charge on any atom is -0.508 e. The molecule has 1 aliphatic rings. The van der Waals surface area contributed by atoms with E-state index in [9.17, 15) is 15.0 Å². The average molecular weight is 307 g/mol. The Kier molecular flexibility index (Phi) is 5.29. The predicted octanol–water partition coefficient (Wildman–Crippen LogP) is 2.46. The van der Waals surface area contributed by atoms with Crippen LogP contribution in [0.25, 0.3) is 0 Å². The van der Waals surface area contributed by atoms with Crippen LogP contribution in [0.15, 0.2) is 12.1 Å². The standard InChI is InChI=1S/C17H25NO4/c1-11(2)13-9-14(16(21)10-15(13)20)17(22)18-6-3-12(4-7-18)5-8-19/h9-12,19-21H,3-8H2,1-2H3. The van der Waals surface area contributed by atoms with Crippen molar-refractivity contribution in [2.45, 2.75) is 39.0 Å². The summed E-state index contributed by atoms with van der Waals surface area (Å²) < 4.78 is 0. The molecule has 0 spiro atoms. The number of hydrogen-bond donors (Lipinski definition) is 3. The van der Waals surface area contributed by atoms with Gasteiger partial charge in [0, 0.05) is 25.8 Å². The van der Waals surface area contributed by atoms with Crippen molar-refractivity contribution in [1.82, 2.24) is 4.90 Å². The summed E-state index contributed by atoms with van der Waals surface area (Å²) in [4.78, 5) is 14.3. The maximum absolute atomic E-state index is 12.6. The van der Waals surface area contributed by atoms with Crippen molar-refractivity contribution in [2.24, 2.45) is 5.92 Å². The fraction of sp³-hybridized carbons (Fsp3) is 0.588. The van der Waals surface area contributed by atoms with E-state index < -0.39 is 0 Å². The highest BCUT2D eigenvalue weighted by Crippen LogP contribution is 2.33. The van der Waals surface area contributed by atoms with Crippen molar-refractivity contribution < 1.29 is 20.1 Å². The number of aliphatic hydroxyl groups is 1. The number of phenolic OH excluding ortho intramolecular Hbond substituents is 2. The first-order valence-electron chi connectivity index (χ1n) is 7.90. The normalized spacial score (nSPS) is 16.3. The van der Waals surface area contributed by atoms with Crippen LogP contribution in [0.3, 0.4) is 0 Å². The van der Waals surface area contributed by atoms with E-state index >= 15 is 0 Å². The van der Waals surface area contributed by atoms with E-state index in [4.69, 9.17) is 5.11 Å². The molecular formula is C17H25NO4. The van der Waals surface area contributed by atoms with Gasteiger partial charge in [-0.05, 0) is 42.7 Å². The summed E-state index contributed by atoms with van der Waals surface area (Å²) in [5.41, 5.74) is 0.915. The van der Waals surface area contributed by atoms with E-state index in [1.807, 2.05) is 13.8 Å². The Balaban J connectivity index is 2.15. The van der Waals surface area contributed by atoms with Gasteiger partial charge in [0.2, 0.25) is 0 Å². The van der Waals surface area contributed by atoms with Gasteiger partial charge < -0.3 is 20.2 Å². The minimum atomic E-state index is -0.193. The van der Waals surface area contributed by atoms with Gasteiger partial charge >= 0.3 is 0 Å². The Morgan fingerprint density at radius 1 is 1.23 bits per heavy atom. The van der Waals surface area contributed by atoms with Gasteiger partial charge in [-0.3, -0.25) is 4.79 Å². The van der Waals surface area contributed by atoms with Crippen LogP contribution in [0.5, 0.6) is 11.5 Å².